The van der Waals surface area contributed by atoms with Crippen LogP contribution in [-0.2, 0) is 17.9 Å². The lowest BCUT2D eigenvalue weighted by molar-refractivity contribution is -0.127. The van der Waals surface area contributed by atoms with E-state index in [1.807, 2.05) is 24.4 Å². The summed E-state index contributed by atoms with van der Waals surface area (Å²) >= 11 is 1.55. The number of amidine groups is 1. The first-order valence-corrected chi connectivity index (χ1v) is 9.39. The van der Waals surface area contributed by atoms with Crippen LogP contribution in [0.2, 0.25) is 0 Å². The Balaban J connectivity index is 1.83. The molecule has 2 aromatic heterocycles. The summed E-state index contributed by atoms with van der Waals surface area (Å²) in [5.74, 6) is 0.404. The second-order valence-electron chi connectivity index (χ2n) is 6.05. The monoisotopic (exact) mass is 370 g/mol. The van der Waals surface area contributed by atoms with Gasteiger partial charge in [-0.25, -0.2) is 4.99 Å². The van der Waals surface area contributed by atoms with Crippen LogP contribution in [0.4, 0.5) is 5.69 Å². The fraction of sp³-hybridized carbons (Fsp3) is 0.333. The van der Waals surface area contributed by atoms with Gasteiger partial charge in [0.2, 0.25) is 0 Å². The van der Waals surface area contributed by atoms with Gasteiger partial charge >= 0.3 is 0 Å². The molecule has 1 aliphatic rings. The van der Waals surface area contributed by atoms with Crippen LogP contribution in [0.15, 0.2) is 34.4 Å². The van der Waals surface area contributed by atoms with E-state index < -0.39 is 0 Å². The molecule has 1 amide bonds. The van der Waals surface area contributed by atoms with Crippen LogP contribution in [0.1, 0.15) is 36.0 Å². The molecule has 0 fully saturated rings. The Labute approximate surface area is 156 Å². The number of fused-ring (bicyclic) bond motifs is 1. The molecule has 0 aliphatic carbocycles. The van der Waals surface area contributed by atoms with Crippen molar-refractivity contribution in [3.8, 4) is 0 Å². The van der Waals surface area contributed by atoms with Gasteiger partial charge in [0, 0.05) is 25.1 Å². The number of carbonyl (C=O) groups excluding carboxylic acids is 1. The maximum absolute atomic E-state index is 13.1. The summed E-state index contributed by atoms with van der Waals surface area (Å²) in [5.41, 5.74) is 14.5. The molecule has 136 valence electrons. The zero-order valence-corrected chi connectivity index (χ0v) is 15.5. The molecule has 3 rings (SSSR count). The molecule has 3 heterocycles. The molecule has 0 saturated carbocycles. The number of nitrogens with zero attached hydrogens (tertiary/aromatic N) is 4. The van der Waals surface area contributed by atoms with Gasteiger partial charge in [-0.2, -0.15) is 0 Å². The average Bonchev–Trinajstić information content (AvgIpc) is 3.00. The third-order valence-corrected chi connectivity index (χ3v) is 4.84. The molecule has 7 nitrogen and oxygen atoms in total. The van der Waals surface area contributed by atoms with Crippen molar-refractivity contribution in [3.05, 3.63) is 45.7 Å². The number of aliphatic imine (C=N–C) groups is 1. The summed E-state index contributed by atoms with van der Waals surface area (Å²) in [6.45, 7) is 3.42. The van der Waals surface area contributed by atoms with Gasteiger partial charge in [-0.05, 0) is 23.9 Å². The minimum atomic E-state index is -0.0454. The van der Waals surface area contributed by atoms with E-state index in [1.54, 1.807) is 28.6 Å². The first-order chi connectivity index (χ1) is 12.6. The predicted octanol–water partition coefficient (Wildman–Crippen LogP) is 2.21. The van der Waals surface area contributed by atoms with Crippen LogP contribution in [-0.4, -0.2) is 33.2 Å². The van der Waals surface area contributed by atoms with Crippen LogP contribution in [0.3, 0.4) is 0 Å². The fourth-order valence-electron chi connectivity index (χ4n) is 2.74. The summed E-state index contributed by atoms with van der Waals surface area (Å²) in [6.07, 6.45) is 6.42. The van der Waals surface area contributed by atoms with Crippen LogP contribution in [0, 0.1) is 0 Å². The molecule has 0 saturated heterocycles. The molecule has 0 bridgehead atoms. The molecular formula is C18H22N6OS. The smallest absolute Gasteiger partial charge is 0.250 e. The van der Waals surface area contributed by atoms with Crippen LogP contribution in [0.25, 0.3) is 6.08 Å². The van der Waals surface area contributed by atoms with Crippen LogP contribution < -0.4 is 11.5 Å². The van der Waals surface area contributed by atoms with Gasteiger partial charge < -0.3 is 16.4 Å². The SMILES string of the molecule is CCCN(Cc1cnc(CN)cn1)C(=O)C1=Cc2sccc2N=C(N)C1. The normalized spacial score (nSPS) is 13.5. The van der Waals surface area contributed by atoms with E-state index in [0.717, 1.165) is 28.4 Å². The van der Waals surface area contributed by atoms with Gasteiger partial charge in [0.15, 0.2) is 0 Å². The molecule has 0 unspecified atom stereocenters. The molecule has 1 aliphatic heterocycles. The summed E-state index contributed by atoms with van der Waals surface area (Å²) in [6, 6.07) is 1.91. The quantitative estimate of drug-likeness (QED) is 0.810. The van der Waals surface area contributed by atoms with Gasteiger partial charge in [-0.15, -0.1) is 11.3 Å². The number of thiophene rings is 1. The van der Waals surface area contributed by atoms with E-state index in [9.17, 15) is 4.79 Å². The van der Waals surface area contributed by atoms with Gasteiger partial charge in [-0.3, -0.25) is 14.8 Å². The van der Waals surface area contributed by atoms with Crippen molar-refractivity contribution in [2.24, 2.45) is 16.5 Å². The lowest BCUT2D eigenvalue weighted by Crippen LogP contribution is -2.33. The maximum Gasteiger partial charge on any atom is 0.250 e. The molecule has 2 aromatic rings. The molecule has 0 atom stereocenters. The second-order valence-corrected chi connectivity index (χ2v) is 7.00. The molecular weight excluding hydrogens is 348 g/mol. The first kappa shape index (κ1) is 18.2. The second kappa shape index (κ2) is 8.20. The average molecular weight is 370 g/mol. The molecule has 0 radical (unpaired) electrons. The van der Waals surface area contributed by atoms with Crippen molar-refractivity contribution in [2.75, 3.05) is 6.54 Å². The number of aromatic nitrogens is 2. The Morgan fingerprint density at radius 1 is 1.31 bits per heavy atom. The Morgan fingerprint density at radius 2 is 2.08 bits per heavy atom. The van der Waals surface area contributed by atoms with Crippen molar-refractivity contribution in [1.82, 2.24) is 14.9 Å². The minimum absolute atomic E-state index is 0.0454. The third-order valence-electron chi connectivity index (χ3n) is 3.99. The Bertz CT molecular complexity index is 840. The van der Waals surface area contributed by atoms with Gasteiger partial charge in [0.25, 0.3) is 5.91 Å². The zero-order chi connectivity index (χ0) is 18.5. The summed E-state index contributed by atoms with van der Waals surface area (Å²) in [7, 11) is 0. The highest BCUT2D eigenvalue weighted by atomic mass is 32.1. The molecule has 0 aromatic carbocycles. The van der Waals surface area contributed by atoms with Gasteiger partial charge in [0.1, 0.15) is 5.84 Å². The van der Waals surface area contributed by atoms with Crippen LogP contribution >= 0.6 is 11.3 Å². The zero-order valence-electron chi connectivity index (χ0n) is 14.7. The Hall–Kier alpha value is -2.58. The maximum atomic E-state index is 13.1. The highest BCUT2D eigenvalue weighted by Gasteiger charge is 2.22. The van der Waals surface area contributed by atoms with Gasteiger partial charge in [-0.1, -0.05) is 6.92 Å². The highest BCUT2D eigenvalue weighted by Crippen LogP contribution is 2.31. The van der Waals surface area contributed by atoms with E-state index in [1.165, 1.54) is 0 Å². The Kier molecular flexibility index (Phi) is 5.75. The topological polar surface area (TPSA) is 110 Å². The summed E-state index contributed by atoms with van der Waals surface area (Å²) in [4.78, 5) is 28.9. The van der Waals surface area contributed by atoms with E-state index >= 15 is 0 Å². The van der Waals surface area contributed by atoms with Crippen molar-refractivity contribution < 1.29 is 4.79 Å². The predicted molar refractivity (Wildman–Crippen MR) is 104 cm³/mol. The lowest BCUT2D eigenvalue weighted by Gasteiger charge is -2.23. The largest absolute Gasteiger partial charge is 0.387 e. The highest BCUT2D eigenvalue weighted by molar-refractivity contribution is 7.11. The molecule has 8 heteroatoms. The van der Waals surface area contributed by atoms with Crippen LogP contribution in [0.5, 0.6) is 0 Å². The molecule has 4 N–H and O–H groups in total. The number of rotatable bonds is 6. The number of amides is 1. The van der Waals surface area contributed by atoms with Crippen molar-refractivity contribution in [1.29, 1.82) is 0 Å². The summed E-state index contributed by atoms with van der Waals surface area (Å²) < 4.78 is 0. The van der Waals surface area contributed by atoms with E-state index in [0.29, 0.717) is 37.5 Å². The standard InChI is InChI=1S/C18H22N6OS/c1-2-4-24(11-14-10-21-13(8-19)9-22-14)18(25)12-6-16-15(3-5-26-16)23-17(20)7-12/h3,5-6,9-10H,2,4,7-8,11,19H2,1H3,(H2,20,23). The van der Waals surface area contributed by atoms with Crippen molar-refractivity contribution in [2.45, 2.75) is 32.9 Å². The van der Waals surface area contributed by atoms with E-state index in [2.05, 4.69) is 15.0 Å². The molecule has 0 spiro atoms. The Morgan fingerprint density at radius 3 is 2.77 bits per heavy atom. The third kappa shape index (κ3) is 4.14. The van der Waals surface area contributed by atoms with Crippen molar-refractivity contribution in [3.63, 3.8) is 0 Å². The minimum Gasteiger partial charge on any atom is -0.387 e. The van der Waals surface area contributed by atoms with E-state index in [4.69, 9.17) is 11.5 Å². The van der Waals surface area contributed by atoms with E-state index in [-0.39, 0.29) is 5.91 Å². The number of hydrogen-bond acceptors (Lipinski definition) is 7. The first-order valence-electron chi connectivity index (χ1n) is 8.51. The number of hydrogen-bond donors (Lipinski definition) is 2. The fourth-order valence-corrected chi connectivity index (χ4v) is 3.53. The van der Waals surface area contributed by atoms with Gasteiger partial charge in [0.05, 0.1) is 40.9 Å². The number of carbonyl (C=O) groups is 1. The molecule has 26 heavy (non-hydrogen) atoms. The summed E-state index contributed by atoms with van der Waals surface area (Å²) in [5, 5.41) is 1.95. The number of nitrogens with two attached hydrogens (primary N) is 2. The lowest BCUT2D eigenvalue weighted by atomic mass is 10.1. The van der Waals surface area contributed by atoms with Crippen molar-refractivity contribution >= 4 is 34.8 Å².